The molecule has 1 rings (SSSR count). The van der Waals surface area contributed by atoms with Crippen LogP contribution in [0.3, 0.4) is 0 Å². The molecular weight excluding hydrogens is 194 g/mol. The number of esters is 1. The molecule has 82 valence electrons. The maximum absolute atomic E-state index is 11.4. The van der Waals surface area contributed by atoms with Crippen LogP contribution in [0.25, 0.3) is 0 Å². The topological polar surface area (TPSA) is 57.7 Å². The molecule has 0 spiro atoms. The predicted octanol–water partition coefficient (Wildman–Crippen LogP) is 1.41. The molecule has 5 heteroatoms. The van der Waals surface area contributed by atoms with Crippen molar-refractivity contribution in [3.05, 3.63) is 18.0 Å². The van der Waals surface area contributed by atoms with Crippen LogP contribution in [0.1, 0.15) is 17.4 Å². The molecule has 1 N–H and O–H groups in total. The zero-order chi connectivity index (χ0) is 11.3. The largest absolute Gasteiger partial charge is 0.461 e. The first-order chi connectivity index (χ1) is 7.15. The van der Waals surface area contributed by atoms with E-state index in [1.54, 1.807) is 30.4 Å². The van der Waals surface area contributed by atoms with Crippen LogP contribution in [0.5, 0.6) is 0 Å². The molecule has 0 bridgehead atoms. The molecule has 0 saturated heterocycles. The van der Waals surface area contributed by atoms with Gasteiger partial charge in [-0.2, -0.15) is 0 Å². The van der Waals surface area contributed by atoms with E-state index in [1.165, 1.54) is 0 Å². The second-order valence-electron chi connectivity index (χ2n) is 3.17. The first kappa shape index (κ1) is 11.3. The van der Waals surface area contributed by atoms with Crippen molar-refractivity contribution in [3.63, 3.8) is 0 Å². The van der Waals surface area contributed by atoms with Crippen molar-refractivity contribution in [2.24, 2.45) is 4.99 Å². The molecule has 0 aliphatic carbocycles. The molecule has 1 aromatic rings. The second-order valence-corrected chi connectivity index (χ2v) is 3.17. The lowest BCUT2D eigenvalue weighted by atomic mass is 10.4. The molecule has 0 fully saturated rings. The van der Waals surface area contributed by atoms with Gasteiger partial charge in [-0.05, 0) is 13.0 Å². The van der Waals surface area contributed by atoms with E-state index in [2.05, 4.69) is 9.98 Å². The highest BCUT2D eigenvalue weighted by Crippen LogP contribution is 2.17. The Bertz CT molecular complexity index is 355. The summed E-state index contributed by atoms with van der Waals surface area (Å²) in [6.45, 7) is 2.12. The summed E-state index contributed by atoms with van der Waals surface area (Å²) in [7, 11) is 3.72. The number of carbonyl (C=O) groups is 1. The van der Waals surface area contributed by atoms with Gasteiger partial charge in [0.25, 0.3) is 0 Å². The number of aliphatic imine (C=N–C) groups is 1. The van der Waals surface area contributed by atoms with Gasteiger partial charge in [0, 0.05) is 20.3 Å². The Kier molecular flexibility index (Phi) is 3.91. The van der Waals surface area contributed by atoms with Crippen LogP contribution in [0.15, 0.2) is 17.3 Å². The van der Waals surface area contributed by atoms with Crippen LogP contribution in [-0.4, -0.2) is 42.9 Å². The minimum Gasteiger partial charge on any atom is -0.461 e. The molecule has 0 radical (unpaired) electrons. The Hall–Kier alpha value is -1.78. The third-order valence-corrected chi connectivity index (χ3v) is 1.63. The van der Waals surface area contributed by atoms with Crippen LogP contribution in [0.2, 0.25) is 0 Å². The van der Waals surface area contributed by atoms with E-state index in [-0.39, 0.29) is 5.97 Å². The van der Waals surface area contributed by atoms with E-state index in [1.807, 2.05) is 14.1 Å². The summed E-state index contributed by atoms with van der Waals surface area (Å²) in [5.41, 5.74) is 0.970. The number of aromatic nitrogens is 1. The third kappa shape index (κ3) is 3.12. The van der Waals surface area contributed by atoms with Crippen molar-refractivity contribution in [3.8, 4) is 0 Å². The Morgan fingerprint density at radius 3 is 3.00 bits per heavy atom. The van der Waals surface area contributed by atoms with Crippen LogP contribution >= 0.6 is 0 Å². The monoisotopic (exact) mass is 209 g/mol. The van der Waals surface area contributed by atoms with Gasteiger partial charge in [0.15, 0.2) is 5.69 Å². The molecule has 1 aromatic heterocycles. The number of hydrogen-bond acceptors (Lipinski definition) is 3. The van der Waals surface area contributed by atoms with Gasteiger partial charge in [0.2, 0.25) is 0 Å². The minimum absolute atomic E-state index is 0.356. The number of carbonyl (C=O) groups excluding carboxylic acids is 1. The highest BCUT2D eigenvalue weighted by Gasteiger charge is 2.12. The van der Waals surface area contributed by atoms with Gasteiger partial charge < -0.3 is 14.6 Å². The predicted molar refractivity (Wildman–Crippen MR) is 58.6 cm³/mol. The van der Waals surface area contributed by atoms with Crippen molar-refractivity contribution in [1.82, 2.24) is 9.88 Å². The van der Waals surface area contributed by atoms with Gasteiger partial charge in [-0.25, -0.2) is 9.79 Å². The molecule has 15 heavy (non-hydrogen) atoms. The molecule has 0 aliphatic heterocycles. The summed E-state index contributed by atoms with van der Waals surface area (Å²) in [4.78, 5) is 20.2. The number of nitrogens with zero attached hydrogens (tertiary/aromatic N) is 2. The number of H-pyrrole nitrogens is 1. The van der Waals surface area contributed by atoms with Gasteiger partial charge in [0.05, 0.1) is 18.6 Å². The molecule has 0 aromatic carbocycles. The standard InChI is InChI=1S/C10H15N3O2/c1-4-15-10(14)9-8(5-6-11-9)12-7-13(2)3/h5-7,11H,4H2,1-3H3. The van der Waals surface area contributed by atoms with E-state index in [9.17, 15) is 4.79 Å². The normalized spacial score (nSPS) is 10.6. The maximum Gasteiger partial charge on any atom is 0.356 e. The van der Waals surface area contributed by atoms with Gasteiger partial charge in [0.1, 0.15) is 0 Å². The molecule has 0 saturated carbocycles. The maximum atomic E-state index is 11.4. The van der Waals surface area contributed by atoms with Crippen LogP contribution < -0.4 is 0 Å². The van der Waals surface area contributed by atoms with Gasteiger partial charge in [-0.15, -0.1) is 0 Å². The van der Waals surface area contributed by atoms with E-state index < -0.39 is 0 Å². The van der Waals surface area contributed by atoms with E-state index >= 15 is 0 Å². The lowest BCUT2D eigenvalue weighted by molar-refractivity contribution is 0.0521. The quantitative estimate of drug-likeness (QED) is 0.463. The average Bonchev–Trinajstić information content (AvgIpc) is 2.62. The Morgan fingerprint density at radius 1 is 1.67 bits per heavy atom. The number of nitrogens with one attached hydrogen (secondary N) is 1. The van der Waals surface area contributed by atoms with Crippen LogP contribution in [0.4, 0.5) is 5.69 Å². The Balaban J connectivity index is 2.82. The van der Waals surface area contributed by atoms with Crippen molar-refractivity contribution in [1.29, 1.82) is 0 Å². The molecule has 0 amide bonds. The summed E-state index contributed by atoms with van der Waals surface area (Å²) in [5.74, 6) is -0.381. The third-order valence-electron chi connectivity index (χ3n) is 1.63. The summed E-state index contributed by atoms with van der Waals surface area (Å²) in [6, 6.07) is 1.73. The number of rotatable bonds is 4. The first-order valence-electron chi connectivity index (χ1n) is 4.70. The van der Waals surface area contributed by atoms with Crippen LogP contribution in [-0.2, 0) is 4.74 Å². The SMILES string of the molecule is CCOC(=O)c1[nH]ccc1N=CN(C)C. The summed E-state index contributed by atoms with van der Waals surface area (Å²) in [6.07, 6.45) is 3.29. The second kappa shape index (κ2) is 5.19. The van der Waals surface area contributed by atoms with Crippen molar-refractivity contribution >= 4 is 18.0 Å². The first-order valence-corrected chi connectivity index (χ1v) is 4.70. The number of ether oxygens (including phenoxy) is 1. The number of aromatic amines is 1. The number of hydrogen-bond donors (Lipinski definition) is 1. The van der Waals surface area contributed by atoms with E-state index in [0.29, 0.717) is 18.0 Å². The average molecular weight is 209 g/mol. The van der Waals surface area contributed by atoms with Gasteiger partial charge in [-0.3, -0.25) is 0 Å². The summed E-state index contributed by atoms with van der Waals surface area (Å²) in [5, 5.41) is 0. The van der Waals surface area contributed by atoms with Gasteiger partial charge >= 0.3 is 5.97 Å². The van der Waals surface area contributed by atoms with E-state index in [0.717, 1.165) is 0 Å². The fraction of sp³-hybridized carbons (Fsp3) is 0.400. The fourth-order valence-electron chi connectivity index (χ4n) is 1.01. The lowest BCUT2D eigenvalue weighted by Crippen LogP contribution is -2.08. The molecule has 1 heterocycles. The Morgan fingerprint density at radius 2 is 2.40 bits per heavy atom. The summed E-state index contributed by atoms with van der Waals surface area (Å²) < 4.78 is 4.88. The molecule has 5 nitrogen and oxygen atoms in total. The van der Waals surface area contributed by atoms with Gasteiger partial charge in [-0.1, -0.05) is 0 Å². The molecular formula is C10H15N3O2. The highest BCUT2D eigenvalue weighted by atomic mass is 16.5. The van der Waals surface area contributed by atoms with Crippen molar-refractivity contribution in [2.75, 3.05) is 20.7 Å². The van der Waals surface area contributed by atoms with E-state index in [4.69, 9.17) is 4.74 Å². The highest BCUT2D eigenvalue weighted by molar-refractivity contribution is 5.93. The van der Waals surface area contributed by atoms with Crippen LogP contribution in [0, 0.1) is 0 Å². The smallest absolute Gasteiger partial charge is 0.356 e. The fourth-order valence-corrected chi connectivity index (χ4v) is 1.01. The van der Waals surface area contributed by atoms with Crippen molar-refractivity contribution < 1.29 is 9.53 Å². The zero-order valence-electron chi connectivity index (χ0n) is 9.15. The zero-order valence-corrected chi connectivity index (χ0v) is 9.15. The molecule has 0 aliphatic rings. The Labute approximate surface area is 88.8 Å². The van der Waals surface area contributed by atoms with Crippen molar-refractivity contribution in [2.45, 2.75) is 6.92 Å². The summed E-state index contributed by atoms with van der Waals surface area (Å²) >= 11 is 0. The molecule has 0 unspecified atom stereocenters. The lowest BCUT2D eigenvalue weighted by Gasteiger charge is -2.03. The minimum atomic E-state index is -0.381. The molecule has 0 atom stereocenters.